The minimum Gasteiger partial charge on any atom is -0.444 e. The number of fused-ring (bicyclic) bond motifs is 1. The Morgan fingerprint density at radius 2 is 2.13 bits per heavy atom. The topological polar surface area (TPSA) is 58.6 Å². The Hall–Kier alpha value is -1.56. The van der Waals surface area contributed by atoms with Gasteiger partial charge in [0.15, 0.2) is 0 Å². The van der Waals surface area contributed by atoms with Gasteiger partial charge in [-0.15, -0.1) is 0 Å². The molecule has 3 rings (SSSR count). The molecule has 6 nitrogen and oxygen atoms in total. The Balaban J connectivity index is 1.67. The summed E-state index contributed by atoms with van der Waals surface area (Å²) in [5.41, 5.74) is -0.409. The van der Waals surface area contributed by atoms with E-state index >= 15 is 0 Å². The SMILES string of the molecule is CC(C)(C)OC(=O)N1C[C@@H]2CN(c3ccnc(Cl)n3)C[C@]2(C)C1. The van der Waals surface area contributed by atoms with Crippen LogP contribution < -0.4 is 4.90 Å². The van der Waals surface area contributed by atoms with Gasteiger partial charge < -0.3 is 14.5 Å². The summed E-state index contributed by atoms with van der Waals surface area (Å²) in [6.45, 7) is 11.1. The van der Waals surface area contributed by atoms with Crippen molar-refractivity contribution in [1.29, 1.82) is 0 Å². The van der Waals surface area contributed by atoms with Gasteiger partial charge in [-0.05, 0) is 38.4 Å². The normalized spacial score (nSPS) is 27.3. The summed E-state index contributed by atoms with van der Waals surface area (Å²) in [6.07, 6.45) is 1.46. The van der Waals surface area contributed by atoms with Crippen LogP contribution in [0.3, 0.4) is 0 Å². The number of nitrogens with zero attached hydrogens (tertiary/aromatic N) is 4. The third kappa shape index (κ3) is 3.37. The molecule has 0 aromatic carbocycles. The summed E-state index contributed by atoms with van der Waals surface area (Å²) >= 11 is 5.89. The van der Waals surface area contributed by atoms with Crippen LogP contribution in [0.15, 0.2) is 12.3 Å². The van der Waals surface area contributed by atoms with Crippen LogP contribution in [0, 0.1) is 11.3 Å². The molecule has 2 aliphatic rings. The van der Waals surface area contributed by atoms with E-state index < -0.39 is 5.60 Å². The zero-order valence-electron chi connectivity index (χ0n) is 14.0. The molecule has 1 aromatic heterocycles. The monoisotopic (exact) mass is 338 g/mol. The number of likely N-dealkylation sites (tertiary alicyclic amines) is 1. The molecule has 0 saturated carbocycles. The van der Waals surface area contributed by atoms with Gasteiger partial charge in [0.25, 0.3) is 0 Å². The Kier molecular flexibility index (Phi) is 3.91. The van der Waals surface area contributed by atoms with E-state index in [-0.39, 0.29) is 16.8 Å². The van der Waals surface area contributed by atoms with Crippen molar-refractivity contribution in [3.05, 3.63) is 17.5 Å². The number of carbonyl (C=O) groups is 1. The van der Waals surface area contributed by atoms with E-state index in [1.807, 2.05) is 31.7 Å². The minimum atomic E-state index is -0.459. The second-order valence-corrected chi connectivity index (χ2v) is 8.11. The van der Waals surface area contributed by atoms with Crippen molar-refractivity contribution in [2.75, 3.05) is 31.1 Å². The lowest BCUT2D eigenvalue weighted by atomic mass is 9.83. The van der Waals surface area contributed by atoms with Gasteiger partial charge in [0.2, 0.25) is 5.28 Å². The van der Waals surface area contributed by atoms with Crippen LogP contribution in [0.2, 0.25) is 5.28 Å². The van der Waals surface area contributed by atoms with Crippen molar-refractivity contribution in [1.82, 2.24) is 14.9 Å². The molecule has 0 unspecified atom stereocenters. The van der Waals surface area contributed by atoms with Crippen LogP contribution in [0.1, 0.15) is 27.7 Å². The highest BCUT2D eigenvalue weighted by Crippen LogP contribution is 2.43. The average Bonchev–Trinajstić information content (AvgIpc) is 2.88. The minimum absolute atomic E-state index is 0.0499. The van der Waals surface area contributed by atoms with E-state index in [1.165, 1.54) is 0 Å². The molecule has 23 heavy (non-hydrogen) atoms. The maximum atomic E-state index is 12.3. The van der Waals surface area contributed by atoms with Crippen LogP contribution >= 0.6 is 11.6 Å². The summed E-state index contributed by atoms with van der Waals surface area (Å²) in [7, 11) is 0. The van der Waals surface area contributed by atoms with Crippen LogP contribution in [0.5, 0.6) is 0 Å². The number of amides is 1. The van der Waals surface area contributed by atoms with Gasteiger partial charge in [-0.2, -0.15) is 0 Å². The quantitative estimate of drug-likeness (QED) is 0.737. The Morgan fingerprint density at radius 1 is 1.39 bits per heavy atom. The number of carbonyl (C=O) groups excluding carboxylic acids is 1. The van der Waals surface area contributed by atoms with E-state index in [1.54, 1.807) is 6.20 Å². The first-order valence-electron chi connectivity index (χ1n) is 7.88. The van der Waals surface area contributed by atoms with Gasteiger partial charge in [-0.1, -0.05) is 6.92 Å². The molecule has 0 aliphatic carbocycles. The molecule has 7 heteroatoms. The molecule has 0 spiro atoms. The molecular weight excluding hydrogens is 316 g/mol. The van der Waals surface area contributed by atoms with Crippen molar-refractivity contribution in [3.63, 3.8) is 0 Å². The smallest absolute Gasteiger partial charge is 0.410 e. The molecule has 1 aromatic rings. The van der Waals surface area contributed by atoms with Crippen molar-refractivity contribution in [3.8, 4) is 0 Å². The highest BCUT2D eigenvalue weighted by molar-refractivity contribution is 6.28. The van der Waals surface area contributed by atoms with Gasteiger partial charge in [0.05, 0.1) is 0 Å². The summed E-state index contributed by atoms with van der Waals surface area (Å²) in [5, 5.41) is 0.264. The molecule has 126 valence electrons. The molecule has 1 amide bonds. The fourth-order valence-corrected chi connectivity index (χ4v) is 3.63. The fourth-order valence-electron chi connectivity index (χ4n) is 3.48. The lowest BCUT2D eigenvalue weighted by Crippen LogP contribution is -2.39. The van der Waals surface area contributed by atoms with Gasteiger partial charge in [0.1, 0.15) is 11.4 Å². The van der Waals surface area contributed by atoms with Crippen molar-refractivity contribution in [2.45, 2.75) is 33.3 Å². The first-order chi connectivity index (χ1) is 10.7. The van der Waals surface area contributed by atoms with Crippen LogP contribution in [0.25, 0.3) is 0 Å². The van der Waals surface area contributed by atoms with Gasteiger partial charge in [-0.25, -0.2) is 14.8 Å². The number of ether oxygens (including phenoxy) is 1. The average molecular weight is 339 g/mol. The first-order valence-corrected chi connectivity index (χ1v) is 8.25. The lowest BCUT2D eigenvalue weighted by molar-refractivity contribution is 0.0273. The Labute approximate surface area is 141 Å². The second kappa shape index (κ2) is 5.51. The van der Waals surface area contributed by atoms with Gasteiger partial charge in [0, 0.05) is 43.7 Å². The number of aromatic nitrogens is 2. The predicted octanol–water partition coefficient (Wildman–Crippen LogP) is 2.82. The Bertz CT molecular complexity index is 618. The summed E-state index contributed by atoms with van der Waals surface area (Å²) in [4.78, 5) is 24.6. The number of anilines is 1. The largest absolute Gasteiger partial charge is 0.444 e. The number of halogens is 1. The van der Waals surface area contributed by atoms with E-state index in [4.69, 9.17) is 16.3 Å². The third-order valence-corrected chi connectivity index (χ3v) is 4.74. The molecular formula is C16H23ClN4O2. The standard InChI is InChI=1S/C16H23ClN4O2/c1-15(2,3)23-14(22)21-8-11-7-20(9-16(11,4)10-21)12-5-6-18-13(17)19-12/h5-6,11H,7-10H2,1-4H3/t11-,16+/m0/s1. The molecule has 2 saturated heterocycles. The molecule has 0 N–H and O–H groups in total. The van der Waals surface area contributed by atoms with Gasteiger partial charge >= 0.3 is 6.09 Å². The number of rotatable bonds is 1. The van der Waals surface area contributed by atoms with E-state index in [0.717, 1.165) is 25.5 Å². The number of hydrogen-bond donors (Lipinski definition) is 0. The zero-order valence-corrected chi connectivity index (χ0v) is 14.8. The predicted molar refractivity (Wildman–Crippen MR) is 88.7 cm³/mol. The zero-order chi connectivity index (χ0) is 16.8. The van der Waals surface area contributed by atoms with Gasteiger partial charge in [-0.3, -0.25) is 0 Å². The number of hydrogen-bond acceptors (Lipinski definition) is 5. The van der Waals surface area contributed by atoms with Crippen LogP contribution in [-0.2, 0) is 4.74 Å². The lowest BCUT2D eigenvalue weighted by Gasteiger charge is -2.28. The Morgan fingerprint density at radius 3 is 2.74 bits per heavy atom. The summed E-state index contributed by atoms with van der Waals surface area (Å²) < 4.78 is 5.49. The van der Waals surface area contributed by atoms with E-state index in [9.17, 15) is 4.79 Å². The first kappa shape index (κ1) is 16.3. The summed E-state index contributed by atoms with van der Waals surface area (Å²) in [6, 6.07) is 1.88. The van der Waals surface area contributed by atoms with Crippen LogP contribution in [0.4, 0.5) is 10.6 Å². The molecule has 3 heterocycles. The maximum Gasteiger partial charge on any atom is 0.410 e. The highest BCUT2D eigenvalue weighted by atomic mass is 35.5. The molecule has 2 atom stereocenters. The van der Waals surface area contributed by atoms with Crippen molar-refractivity contribution < 1.29 is 9.53 Å². The maximum absolute atomic E-state index is 12.3. The molecule has 2 fully saturated rings. The second-order valence-electron chi connectivity index (χ2n) is 7.78. The van der Waals surface area contributed by atoms with E-state index in [0.29, 0.717) is 12.5 Å². The summed E-state index contributed by atoms with van der Waals surface area (Å²) in [5.74, 6) is 1.26. The molecule has 0 bridgehead atoms. The third-order valence-electron chi connectivity index (χ3n) is 4.56. The van der Waals surface area contributed by atoms with Crippen molar-refractivity contribution >= 4 is 23.5 Å². The highest BCUT2D eigenvalue weighted by Gasteiger charge is 2.51. The van der Waals surface area contributed by atoms with E-state index in [2.05, 4.69) is 21.8 Å². The molecule has 2 aliphatic heterocycles. The van der Waals surface area contributed by atoms with Crippen LogP contribution in [-0.4, -0.2) is 52.7 Å². The van der Waals surface area contributed by atoms with Crippen molar-refractivity contribution in [2.24, 2.45) is 11.3 Å². The molecule has 0 radical (unpaired) electrons. The fraction of sp³-hybridized carbons (Fsp3) is 0.688.